The molecule has 3 rings (SSSR count). The number of hydrogen-bond acceptors (Lipinski definition) is 5. The smallest absolute Gasteiger partial charge is 0.330 e. The molecule has 1 aliphatic rings. The molecule has 0 aliphatic carbocycles. The van der Waals surface area contributed by atoms with Gasteiger partial charge in [-0.1, -0.05) is 23.7 Å². The maximum Gasteiger partial charge on any atom is 0.330 e. The maximum absolute atomic E-state index is 12.8. The normalized spacial score (nSPS) is 14.5. The SMILES string of the molecule is CN1C(=O)N(c2ccccc2Cl)Cc2cnc(NC(C)(C)CO)nc21. The summed E-state index contributed by atoms with van der Waals surface area (Å²) < 4.78 is 0. The van der Waals surface area contributed by atoms with Gasteiger partial charge in [-0.3, -0.25) is 9.80 Å². The Bertz CT molecular complexity index is 811. The van der Waals surface area contributed by atoms with Crippen LogP contribution in [0.25, 0.3) is 0 Å². The summed E-state index contributed by atoms with van der Waals surface area (Å²) in [6.45, 7) is 3.95. The first kappa shape index (κ1) is 17.4. The number of fused-ring (bicyclic) bond motifs is 1. The molecular weight excluding hydrogens is 342 g/mol. The van der Waals surface area contributed by atoms with Crippen LogP contribution in [-0.4, -0.2) is 40.3 Å². The lowest BCUT2D eigenvalue weighted by Gasteiger charge is -2.34. The van der Waals surface area contributed by atoms with E-state index in [0.29, 0.717) is 29.0 Å². The third-order valence-corrected chi connectivity index (χ3v) is 4.31. The molecule has 1 aliphatic heterocycles. The van der Waals surface area contributed by atoms with Crippen molar-refractivity contribution in [3.05, 3.63) is 41.0 Å². The van der Waals surface area contributed by atoms with E-state index in [2.05, 4.69) is 15.3 Å². The van der Waals surface area contributed by atoms with Crippen LogP contribution in [0.3, 0.4) is 0 Å². The molecule has 2 aromatic rings. The molecule has 2 heterocycles. The van der Waals surface area contributed by atoms with Crippen molar-refractivity contribution in [2.45, 2.75) is 25.9 Å². The van der Waals surface area contributed by atoms with Gasteiger partial charge >= 0.3 is 6.03 Å². The van der Waals surface area contributed by atoms with E-state index in [1.165, 1.54) is 4.90 Å². The molecule has 0 saturated carbocycles. The number of carbonyl (C=O) groups excluding carboxylic acids is 1. The van der Waals surface area contributed by atoms with Crippen molar-refractivity contribution < 1.29 is 9.90 Å². The van der Waals surface area contributed by atoms with Crippen molar-refractivity contribution in [2.24, 2.45) is 0 Å². The van der Waals surface area contributed by atoms with Crippen LogP contribution in [0.4, 0.5) is 22.2 Å². The molecule has 0 spiro atoms. The minimum Gasteiger partial charge on any atom is -0.394 e. The van der Waals surface area contributed by atoms with E-state index < -0.39 is 5.54 Å². The van der Waals surface area contributed by atoms with Crippen molar-refractivity contribution >= 4 is 35.1 Å². The van der Waals surface area contributed by atoms with E-state index in [9.17, 15) is 9.90 Å². The Morgan fingerprint density at radius 2 is 2.08 bits per heavy atom. The van der Waals surface area contributed by atoms with Crippen LogP contribution in [0.15, 0.2) is 30.5 Å². The summed E-state index contributed by atoms with van der Waals surface area (Å²) in [5, 5.41) is 12.9. The molecule has 0 unspecified atom stereocenters. The molecule has 0 atom stereocenters. The number of aliphatic hydroxyl groups is 1. The predicted molar refractivity (Wildman–Crippen MR) is 98.3 cm³/mol. The van der Waals surface area contributed by atoms with Crippen molar-refractivity contribution in [3.63, 3.8) is 0 Å². The molecular formula is C17H20ClN5O2. The summed E-state index contributed by atoms with van der Waals surface area (Å²) in [7, 11) is 1.66. The zero-order valence-electron chi connectivity index (χ0n) is 14.3. The third-order valence-electron chi connectivity index (χ3n) is 3.99. The van der Waals surface area contributed by atoms with Gasteiger partial charge in [0.25, 0.3) is 0 Å². The summed E-state index contributed by atoms with van der Waals surface area (Å²) in [5.41, 5.74) is 0.902. The van der Waals surface area contributed by atoms with Gasteiger partial charge in [-0.25, -0.2) is 9.78 Å². The first-order chi connectivity index (χ1) is 11.8. The number of anilines is 3. The summed E-state index contributed by atoms with van der Waals surface area (Å²) in [5.74, 6) is 0.906. The number of nitrogens with one attached hydrogen (secondary N) is 1. The van der Waals surface area contributed by atoms with Crippen LogP contribution in [0.1, 0.15) is 19.4 Å². The number of hydrogen-bond donors (Lipinski definition) is 2. The van der Waals surface area contributed by atoms with Crippen molar-refractivity contribution in [1.29, 1.82) is 0 Å². The van der Waals surface area contributed by atoms with Gasteiger partial charge < -0.3 is 10.4 Å². The van der Waals surface area contributed by atoms with Crippen LogP contribution >= 0.6 is 11.6 Å². The quantitative estimate of drug-likeness (QED) is 0.875. The van der Waals surface area contributed by atoms with Crippen LogP contribution in [0.5, 0.6) is 0 Å². The maximum atomic E-state index is 12.8. The number of benzene rings is 1. The Hall–Kier alpha value is -2.38. The summed E-state index contributed by atoms with van der Waals surface area (Å²) in [4.78, 5) is 24.6. The summed E-state index contributed by atoms with van der Waals surface area (Å²) >= 11 is 6.23. The number of nitrogens with zero attached hydrogens (tertiary/aromatic N) is 4. The zero-order chi connectivity index (χ0) is 18.2. The van der Waals surface area contributed by atoms with Gasteiger partial charge in [0.05, 0.1) is 29.4 Å². The highest BCUT2D eigenvalue weighted by molar-refractivity contribution is 6.34. The number of amides is 2. The third kappa shape index (κ3) is 3.38. The van der Waals surface area contributed by atoms with Gasteiger partial charge in [0.1, 0.15) is 5.82 Å². The first-order valence-corrected chi connectivity index (χ1v) is 8.25. The summed E-state index contributed by atoms with van der Waals surface area (Å²) in [6.07, 6.45) is 1.69. The fraction of sp³-hybridized carbons (Fsp3) is 0.353. The van der Waals surface area contributed by atoms with Gasteiger partial charge in [-0.15, -0.1) is 0 Å². The highest BCUT2D eigenvalue weighted by Gasteiger charge is 2.32. The van der Waals surface area contributed by atoms with Crippen molar-refractivity contribution in [2.75, 3.05) is 28.8 Å². The molecule has 132 valence electrons. The van der Waals surface area contributed by atoms with Gasteiger partial charge in [-0.05, 0) is 26.0 Å². The lowest BCUT2D eigenvalue weighted by Crippen LogP contribution is -2.46. The molecule has 0 fully saturated rings. The molecule has 0 bridgehead atoms. The molecule has 8 heteroatoms. The number of aromatic nitrogens is 2. The molecule has 0 saturated heterocycles. The topological polar surface area (TPSA) is 81.6 Å². The van der Waals surface area contributed by atoms with Crippen LogP contribution in [-0.2, 0) is 6.54 Å². The second-order valence-electron chi connectivity index (χ2n) is 6.59. The fourth-order valence-corrected chi connectivity index (χ4v) is 2.81. The monoisotopic (exact) mass is 361 g/mol. The van der Waals surface area contributed by atoms with E-state index in [1.54, 1.807) is 30.3 Å². The van der Waals surface area contributed by atoms with Crippen molar-refractivity contribution in [3.8, 4) is 0 Å². The van der Waals surface area contributed by atoms with E-state index in [0.717, 1.165) is 5.56 Å². The Morgan fingerprint density at radius 1 is 1.36 bits per heavy atom. The van der Waals surface area contributed by atoms with Gasteiger partial charge in [-0.2, -0.15) is 4.98 Å². The largest absolute Gasteiger partial charge is 0.394 e. The average Bonchev–Trinajstić information content (AvgIpc) is 2.59. The highest BCUT2D eigenvalue weighted by atomic mass is 35.5. The average molecular weight is 362 g/mol. The minimum atomic E-state index is -0.560. The molecule has 25 heavy (non-hydrogen) atoms. The van der Waals surface area contributed by atoms with Gasteiger partial charge in [0.15, 0.2) is 0 Å². The van der Waals surface area contributed by atoms with E-state index in [1.807, 2.05) is 26.0 Å². The highest BCUT2D eigenvalue weighted by Crippen LogP contribution is 2.33. The van der Waals surface area contributed by atoms with Crippen LogP contribution in [0.2, 0.25) is 5.02 Å². The lowest BCUT2D eigenvalue weighted by atomic mass is 10.1. The number of halogens is 1. The molecule has 1 aromatic heterocycles. The van der Waals surface area contributed by atoms with Crippen LogP contribution in [0, 0.1) is 0 Å². The second-order valence-corrected chi connectivity index (χ2v) is 7.00. The number of para-hydroxylation sites is 1. The van der Waals surface area contributed by atoms with E-state index in [-0.39, 0.29) is 12.6 Å². The van der Waals surface area contributed by atoms with Gasteiger partial charge in [0, 0.05) is 18.8 Å². The zero-order valence-corrected chi connectivity index (χ0v) is 15.1. The first-order valence-electron chi connectivity index (χ1n) is 7.87. The molecule has 2 amide bonds. The van der Waals surface area contributed by atoms with Gasteiger partial charge in [0.2, 0.25) is 5.95 Å². The standard InChI is InChI=1S/C17H20ClN5O2/c1-17(2,10-24)21-15-19-8-11-9-23(13-7-5-4-6-12(13)18)16(25)22(3)14(11)20-15/h4-8,24H,9-10H2,1-3H3,(H,19,20,21). The Labute approximate surface area is 151 Å². The van der Waals surface area contributed by atoms with Crippen LogP contribution < -0.4 is 15.1 Å². The predicted octanol–water partition coefficient (Wildman–Crippen LogP) is 2.89. The molecule has 1 aromatic carbocycles. The van der Waals surface area contributed by atoms with E-state index >= 15 is 0 Å². The Balaban J connectivity index is 1.94. The molecule has 0 radical (unpaired) electrons. The second kappa shape index (κ2) is 6.50. The number of rotatable bonds is 4. The van der Waals surface area contributed by atoms with Crippen molar-refractivity contribution in [1.82, 2.24) is 9.97 Å². The summed E-state index contributed by atoms with van der Waals surface area (Å²) in [6, 6.07) is 7.00. The number of carbonyl (C=O) groups is 1. The number of urea groups is 1. The Kier molecular flexibility index (Phi) is 4.53. The molecule has 7 nitrogen and oxygen atoms in total. The fourth-order valence-electron chi connectivity index (χ4n) is 2.57. The van der Waals surface area contributed by atoms with E-state index in [4.69, 9.17) is 11.6 Å². The number of aliphatic hydroxyl groups excluding tert-OH is 1. The Morgan fingerprint density at radius 3 is 2.76 bits per heavy atom. The molecule has 2 N–H and O–H groups in total. The minimum absolute atomic E-state index is 0.0670. The lowest BCUT2D eigenvalue weighted by molar-refractivity contribution is 0.233.